The second kappa shape index (κ2) is 5.13. The van der Waals surface area contributed by atoms with Gasteiger partial charge in [0.1, 0.15) is 0 Å². The molecule has 0 unspecified atom stereocenters. The predicted molar refractivity (Wildman–Crippen MR) is 84.3 cm³/mol. The highest BCUT2D eigenvalue weighted by Crippen LogP contribution is 2.47. The zero-order chi connectivity index (χ0) is 15.2. The number of hydrogen-bond acceptors (Lipinski definition) is 3. The molecule has 3 rings (SSSR count). The molecule has 110 valence electrons. The van der Waals surface area contributed by atoms with Crippen LogP contribution in [0, 0.1) is 6.92 Å². The van der Waals surface area contributed by atoms with E-state index >= 15 is 0 Å². The molecule has 1 aliphatic carbocycles. The molecule has 3 atom stereocenters. The van der Waals surface area contributed by atoms with Gasteiger partial charge < -0.3 is 5.73 Å². The summed E-state index contributed by atoms with van der Waals surface area (Å²) in [4.78, 5) is 0.338. The van der Waals surface area contributed by atoms with Crippen molar-refractivity contribution in [2.24, 2.45) is 5.73 Å². The summed E-state index contributed by atoms with van der Waals surface area (Å²) < 4.78 is 25.3. The highest BCUT2D eigenvalue weighted by Gasteiger charge is 2.57. The van der Waals surface area contributed by atoms with Crippen LogP contribution in [-0.4, -0.2) is 19.7 Å². The monoisotopic (exact) mass is 321 g/mol. The lowest BCUT2D eigenvalue weighted by molar-refractivity contribution is 0.593. The lowest BCUT2D eigenvalue weighted by atomic mass is 10.1. The van der Waals surface area contributed by atoms with Crippen molar-refractivity contribution in [1.82, 2.24) is 0 Å². The van der Waals surface area contributed by atoms with E-state index in [9.17, 15) is 8.42 Å². The van der Waals surface area contributed by atoms with E-state index in [0.29, 0.717) is 9.92 Å². The number of sulfone groups is 1. The van der Waals surface area contributed by atoms with Crippen molar-refractivity contribution >= 4 is 21.4 Å². The minimum atomic E-state index is -3.40. The zero-order valence-electron chi connectivity index (χ0n) is 11.5. The minimum Gasteiger partial charge on any atom is -0.326 e. The third-order valence-corrected chi connectivity index (χ3v) is 6.48. The van der Waals surface area contributed by atoms with Crippen LogP contribution in [0.3, 0.4) is 0 Å². The average molecular weight is 322 g/mol. The van der Waals surface area contributed by atoms with E-state index in [4.69, 9.17) is 17.3 Å². The number of halogens is 1. The Morgan fingerprint density at radius 3 is 2.14 bits per heavy atom. The Labute approximate surface area is 129 Å². The summed E-state index contributed by atoms with van der Waals surface area (Å²) in [6, 6.07) is 13.8. The Balaban J connectivity index is 1.91. The van der Waals surface area contributed by atoms with E-state index < -0.39 is 15.1 Å². The molecule has 3 nitrogen and oxygen atoms in total. The Hall–Kier alpha value is -1.36. The van der Waals surface area contributed by atoms with E-state index in [0.717, 1.165) is 11.1 Å². The highest BCUT2D eigenvalue weighted by molar-refractivity contribution is 7.92. The zero-order valence-corrected chi connectivity index (χ0v) is 13.1. The van der Waals surface area contributed by atoms with Crippen molar-refractivity contribution in [2.45, 2.75) is 29.0 Å². The molecule has 2 N–H and O–H groups in total. The van der Waals surface area contributed by atoms with Crippen LogP contribution >= 0.6 is 11.6 Å². The van der Waals surface area contributed by atoms with Gasteiger partial charge in [0.05, 0.1) is 10.1 Å². The van der Waals surface area contributed by atoms with Crippen LogP contribution in [0.25, 0.3) is 0 Å². The van der Waals surface area contributed by atoms with Gasteiger partial charge in [0, 0.05) is 17.0 Å². The second-order valence-electron chi connectivity index (χ2n) is 5.48. The van der Waals surface area contributed by atoms with Gasteiger partial charge in [-0.2, -0.15) is 0 Å². The van der Waals surface area contributed by atoms with Gasteiger partial charge >= 0.3 is 0 Å². The summed E-state index contributed by atoms with van der Waals surface area (Å²) in [6.07, 6.45) is 0. The van der Waals surface area contributed by atoms with Crippen LogP contribution in [0.2, 0.25) is 5.02 Å². The molecule has 0 saturated heterocycles. The fourth-order valence-electron chi connectivity index (χ4n) is 2.69. The molecule has 0 radical (unpaired) electrons. The first kappa shape index (κ1) is 14.6. The van der Waals surface area contributed by atoms with Gasteiger partial charge in [-0.1, -0.05) is 41.4 Å². The molecule has 1 saturated carbocycles. The summed E-state index contributed by atoms with van der Waals surface area (Å²) >= 11 is 5.86. The van der Waals surface area contributed by atoms with E-state index in [1.54, 1.807) is 36.4 Å². The lowest BCUT2D eigenvalue weighted by Gasteiger charge is -2.04. The number of aryl methyl sites for hydroxylation is 1. The van der Waals surface area contributed by atoms with Gasteiger partial charge in [-0.05, 0) is 36.8 Å². The summed E-state index contributed by atoms with van der Waals surface area (Å²) in [5.41, 5.74) is 7.98. The number of hydrogen-bond donors (Lipinski definition) is 1. The van der Waals surface area contributed by atoms with Gasteiger partial charge in [-0.3, -0.25) is 0 Å². The molecule has 0 aliphatic heterocycles. The summed E-state index contributed by atoms with van der Waals surface area (Å²) in [5.74, 6) is -0.159. The lowest BCUT2D eigenvalue weighted by Crippen LogP contribution is -2.15. The van der Waals surface area contributed by atoms with Crippen LogP contribution in [0.15, 0.2) is 53.4 Å². The Kier molecular flexibility index (Phi) is 3.56. The molecule has 0 heterocycles. The van der Waals surface area contributed by atoms with Crippen LogP contribution in [0.5, 0.6) is 0 Å². The first-order valence-corrected chi connectivity index (χ1v) is 8.65. The van der Waals surface area contributed by atoms with Crippen LogP contribution < -0.4 is 5.73 Å². The first-order chi connectivity index (χ1) is 9.91. The maximum atomic E-state index is 12.7. The van der Waals surface area contributed by atoms with Crippen LogP contribution in [0.4, 0.5) is 0 Å². The molecule has 0 spiro atoms. The van der Waals surface area contributed by atoms with Gasteiger partial charge in [-0.25, -0.2) is 8.42 Å². The molecule has 1 fully saturated rings. The molecule has 0 bridgehead atoms. The van der Waals surface area contributed by atoms with Crippen LogP contribution in [0.1, 0.15) is 17.0 Å². The van der Waals surface area contributed by atoms with Gasteiger partial charge in [0.2, 0.25) is 0 Å². The Morgan fingerprint density at radius 2 is 1.57 bits per heavy atom. The van der Waals surface area contributed by atoms with Gasteiger partial charge in [-0.15, -0.1) is 0 Å². The minimum absolute atomic E-state index is 0.159. The largest absolute Gasteiger partial charge is 0.326 e. The van der Waals surface area contributed by atoms with Crippen molar-refractivity contribution in [3.8, 4) is 0 Å². The topological polar surface area (TPSA) is 60.2 Å². The van der Waals surface area contributed by atoms with E-state index in [2.05, 4.69) is 0 Å². The van der Waals surface area contributed by atoms with Crippen molar-refractivity contribution in [3.63, 3.8) is 0 Å². The Morgan fingerprint density at radius 1 is 1.00 bits per heavy atom. The molecule has 5 heteroatoms. The van der Waals surface area contributed by atoms with E-state index in [1.165, 1.54) is 0 Å². The predicted octanol–water partition coefficient (Wildman–Crippen LogP) is 2.92. The highest BCUT2D eigenvalue weighted by atomic mass is 35.5. The van der Waals surface area contributed by atoms with Crippen LogP contribution in [-0.2, 0) is 9.84 Å². The SMILES string of the molecule is Cc1ccc(S(=O)(=O)[C@@H]2[C@@H](N)[C@H]2c2ccc(Cl)cc2)cc1. The molecular weight excluding hydrogens is 306 g/mol. The number of benzene rings is 2. The number of rotatable bonds is 3. The standard InChI is InChI=1S/C16H16ClNO2S/c1-10-2-8-13(9-3-10)21(19,20)16-14(15(16)18)11-4-6-12(17)7-5-11/h2-9,14-16H,18H2,1H3/t14-,15+,16+/m1/s1. The van der Waals surface area contributed by atoms with Crippen molar-refractivity contribution < 1.29 is 8.42 Å². The summed E-state index contributed by atoms with van der Waals surface area (Å²) in [7, 11) is -3.40. The smallest absolute Gasteiger partial charge is 0.183 e. The third-order valence-electron chi connectivity index (χ3n) is 3.97. The molecule has 21 heavy (non-hydrogen) atoms. The third kappa shape index (κ3) is 2.59. The van der Waals surface area contributed by atoms with E-state index in [1.807, 2.05) is 19.1 Å². The second-order valence-corrected chi connectivity index (χ2v) is 8.02. The van der Waals surface area contributed by atoms with Crippen molar-refractivity contribution in [3.05, 3.63) is 64.7 Å². The summed E-state index contributed by atoms with van der Waals surface area (Å²) in [5, 5.41) is 0.0762. The maximum absolute atomic E-state index is 12.7. The van der Waals surface area contributed by atoms with Gasteiger partial charge in [0.25, 0.3) is 0 Å². The van der Waals surface area contributed by atoms with Crippen molar-refractivity contribution in [1.29, 1.82) is 0 Å². The normalized spacial score (nSPS) is 24.8. The summed E-state index contributed by atoms with van der Waals surface area (Å²) in [6.45, 7) is 1.93. The molecule has 0 amide bonds. The van der Waals surface area contributed by atoms with Gasteiger partial charge in [0.15, 0.2) is 9.84 Å². The molecule has 0 aromatic heterocycles. The Bertz CT molecular complexity index is 754. The molecule has 2 aromatic carbocycles. The van der Waals surface area contributed by atoms with Crippen molar-refractivity contribution in [2.75, 3.05) is 0 Å². The first-order valence-electron chi connectivity index (χ1n) is 6.73. The molecule has 1 aliphatic rings. The molecular formula is C16H16ClNO2S. The quantitative estimate of drug-likeness (QED) is 0.945. The molecule has 2 aromatic rings. The fraction of sp³-hybridized carbons (Fsp3) is 0.250. The maximum Gasteiger partial charge on any atom is 0.183 e. The fourth-order valence-corrected chi connectivity index (χ4v) is 4.86. The van der Waals surface area contributed by atoms with E-state index in [-0.39, 0.29) is 12.0 Å². The average Bonchev–Trinajstić information content (AvgIpc) is 3.12. The number of nitrogens with two attached hydrogens (primary N) is 1.